The van der Waals surface area contributed by atoms with Gasteiger partial charge in [0.2, 0.25) is 0 Å². The van der Waals surface area contributed by atoms with Crippen LogP contribution < -0.4 is 11.1 Å². The van der Waals surface area contributed by atoms with E-state index in [1.807, 2.05) is 0 Å². The van der Waals surface area contributed by atoms with Crippen LogP contribution in [-0.4, -0.2) is 17.4 Å². The molecule has 2 fully saturated rings. The number of thiocarbonyl (C=S) groups is 1. The van der Waals surface area contributed by atoms with Gasteiger partial charge < -0.3 is 35.9 Å². The summed E-state index contributed by atoms with van der Waals surface area (Å²) in [5, 5.41) is 2.39. The van der Waals surface area contributed by atoms with E-state index in [1.165, 1.54) is 64.5 Å². The maximum Gasteiger partial charge on any atom is 0.0755 e. The second-order valence-electron chi connectivity index (χ2n) is 4.01. The number of nitrogens with two attached hydrogens (primary N) is 2. The summed E-state index contributed by atoms with van der Waals surface area (Å²) in [6.07, 6.45) is 11.9. The lowest BCUT2D eigenvalue weighted by Gasteiger charge is -2.05. The molecule has 1 saturated carbocycles. The van der Waals surface area contributed by atoms with Crippen LogP contribution in [-0.2, 0) is 12.6 Å². The van der Waals surface area contributed by atoms with Crippen LogP contribution in [0.5, 0.6) is 0 Å². The van der Waals surface area contributed by atoms with Gasteiger partial charge in [-0.3, -0.25) is 0 Å². The Bertz CT molecular complexity index is 120. The first-order valence-electron chi connectivity index (χ1n) is 6.01. The number of hydrogen-bond acceptors (Lipinski definition) is 2. The molecule has 2 aliphatic rings. The Hall–Kier alpha value is 0.0700. The second kappa shape index (κ2) is 12.1. The number of quaternary nitrogens is 1. The molecule has 0 spiro atoms. The van der Waals surface area contributed by atoms with E-state index in [4.69, 9.17) is 0 Å². The van der Waals surface area contributed by atoms with Crippen LogP contribution >= 0.6 is 12.2 Å². The van der Waals surface area contributed by atoms with E-state index in [0.29, 0.717) is 0 Å². The minimum atomic E-state index is 0.0833. The molecule has 1 heterocycles. The molecule has 0 atom stereocenters. The van der Waals surface area contributed by atoms with Crippen molar-refractivity contribution in [2.45, 2.75) is 51.4 Å². The third-order valence-electron chi connectivity index (χ3n) is 2.57. The zero-order valence-corrected chi connectivity index (χ0v) is 11.2. The molecule has 1 aliphatic heterocycles. The number of hydrogen-bond donors (Lipinski definition) is 2. The average molecular weight is 248 g/mol. The van der Waals surface area contributed by atoms with Crippen LogP contribution in [0.3, 0.4) is 0 Å². The first-order valence-corrected chi connectivity index (χ1v) is 6.83. The second-order valence-corrected chi connectivity index (χ2v) is 5.15. The highest BCUT2D eigenvalue weighted by Gasteiger charge is 1.97. The van der Waals surface area contributed by atoms with E-state index in [1.54, 1.807) is 0 Å². The lowest BCUT2D eigenvalue weighted by atomic mass is 10.2. The SMILES string of the molecule is C1CCCC1.C1CC[NH2+]CC1.NC(=S)[S-]. The van der Waals surface area contributed by atoms with E-state index >= 15 is 0 Å². The van der Waals surface area contributed by atoms with Crippen LogP contribution in [0.25, 0.3) is 0 Å². The highest BCUT2D eigenvalue weighted by molar-refractivity contribution is 8.00. The van der Waals surface area contributed by atoms with E-state index in [2.05, 4.69) is 35.9 Å². The van der Waals surface area contributed by atoms with E-state index in [9.17, 15) is 0 Å². The van der Waals surface area contributed by atoms with E-state index in [0.717, 1.165) is 0 Å². The molecular formula is C11H24N2S2. The Morgan fingerprint density at radius 2 is 1.13 bits per heavy atom. The number of rotatable bonds is 0. The van der Waals surface area contributed by atoms with E-state index < -0.39 is 0 Å². The van der Waals surface area contributed by atoms with Gasteiger partial charge in [-0.15, -0.1) is 0 Å². The summed E-state index contributed by atoms with van der Waals surface area (Å²) < 4.78 is 0.0833. The molecule has 4 N–H and O–H groups in total. The molecule has 0 radical (unpaired) electrons. The third-order valence-corrected chi connectivity index (χ3v) is 2.57. The van der Waals surface area contributed by atoms with Gasteiger partial charge in [0.25, 0.3) is 0 Å². The predicted octanol–water partition coefficient (Wildman–Crippen LogP) is 1.46. The van der Waals surface area contributed by atoms with Gasteiger partial charge in [0, 0.05) is 0 Å². The Labute approximate surface area is 105 Å². The Balaban J connectivity index is 0.000000202. The Morgan fingerprint density at radius 3 is 1.27 bits per heavy atom. The first-order chi connectivity index (χ1) is 7.23. The lowest BCUT2D eigenvalue weighted by Crippen LogP contribution is -2.85. The molecular weight excluding hydrogens is 224 g/mol. The van der Waals surface area contributed by atoms with Gasteiger partial charge in [0.15, 0.2) is 0 Å². The monoisotopic (exact) mass is 248 g/mol. The topological polar surface area (TPSA) is 42.6 Å². The van der Waals surface area contributed by atoms with Crippen molar-refractivity contribution in [1.82, 2.24) is 0 Å². The van der Waals surface area contributed by atoms with E-state index in [-0.39, 0.29) is 4.32 Å². The molecule has 2 nitrogen and oxygen atoms in total. The smallest absolute Gasteiger partial charge is 0.0755 e. The van der Waals surface area contributed by atoms with Gasteiger partial charge in [0.05, 0.1) is 13.1 Å². The zero-order valence-electron chi connectivity index (χ0n) is 9.54. The largest absolute Gasteiger partial charge is 0.415 e. The van der Waals surface area contributed by atoms with Crippen molar-refractivity contribution in [3.63, 3.8) is 0 Å². The van der Waals surface area contributed by atoms with Crippen LogP contribution in [0.1, 0.15) is 51.4 Å². The summed E-state index contributed by atoms with van der Waals surface area (Å²) in [5.74, 6) is 0. The Kier molecular flexibility index (Phi) is 12.2. The van der Waals surface area contributed by atoms with Crippen molar-refractivity contribution in [3.05, 3.63) is 0 Å². The lowest BCUT2D eigenvalue weighted by molar-refractivity contribution is -0.662. The summed E-state index contributed by atoms with van der Waals surface area (Å²) in [4.78, 5) is 0. The van der Waals surface area contributed by atoms with Gasteiger partial charge in [-0.25, -0.2) is 0 Å². The molecule has 1 saturated heterocycles. The van der Waals surface area contributed by atoms with Gasteiger partial charge in [-0.05, 0) is 19.3 Å². The minimum absolute atomic E-state index is 0.0833. The summed E-state index contributed by atoms with van der Waals surface area (Å²) in [5.41, 5.74) is 4.66. The van der Waals surface area contributed by atoms with Gasteiger partial charge >= 0.3 is 0 Å². The van der Waals surface area contributed by atoms with Crippen molar-refractivity contribution in [1.29, 1.82) is 0 Å². The van der Waals surface area contributed by atoms with Crippen LogP contribution in [0, 0.1) is 0 Å². The fraction of sp³-hybridized carbons (Fsp3) is 0.909. The highest BCUT2D eigenvalue weighted by Crippen LogP contribution is 2.15. The molecule has 0 bridgehead atoms. The summed E-state index contributed by atoms with van der Waals surface area (Å²) in [6, 6.07) is 0. The quantitative estimate of drug-likeness (QED) is 0.504. The minimum Gasteiger partial charge on any atom is -0.415 e. The van der Waals surface area contributed by atoms with Crippen molar-refractivity contribution in [3.8, 4) is 0 Å². The molecule has 90 valence electrons. The molecule has 0 aromatic rings. The van der Waals surface area contributed by atoms with Gasteiger partial charge in [0.1, 0.15) is 0 Å². The predicted molar refractivity (Wildman–Crippen MR) is 72.7 cm³/mol. The normalized spacial score (nSPS) is 19.2. The molecule has 0 amide bonds. The fourth-order valence-electron chi connectivity index (χ4n) is 1.78. The number of piperidine rings is 1. The van der Waals surface area contributed by atoms with Crippen molar-refractivity contribution in [2.24, 2.45) is 5.73 Å². The van der Waals surface area contributed by atoms with Gasteiger partial charge in [-0.2, -0.15) is 0 Å². The van der Waals surface area contributed by atoms with Crippen molar-refractivity contribution in [2.75, 3.05) is 13.1 Å². The standard InChI is InChI=1S/C5H11N.C5H10.CH3NS2/c1-2-4-6-5-3-1;1-2-4-5-3-1;2-1(3)4/h6H,1-5H2;1-5H2;(H3,2,3,4). The molecule has 4 heteroatoms. The molecule has 15 heavy (non-hydrogen) atoms. The maximum atomic E-state index is 4.66. The summed E-state index contributed by atoms with van der Waals surface area (Å²) in [6.45, 7) is 2.75. The molecule has 0 aromatic carbocycles. The molecule has 1 aliphatic carbocycles. The fourth-order valence-corrected chi connectivity index (χ4v) is 1.78. The molecule has 0 unspecified atom stereocenters. The Morgan fingerprint density at radius 1 is 0.867 bits per heavy atom. The molecule has 0 aromatic heterocycles. The zero-order chi connectivity index (χ0) is 11.4. The summed E-state index contributed by atoms with van der Waals surface area (Å²) in [7, 11) is 0. The molecule has 2 rings (SSSR count). The van der Waals surface area contributed by atoms with Crippen LogP contribution in [0.2, 0.25) is 0 Å². The van der Waals surface area contributed by atoms with Gasteiger partial charge in [-0.1, -0.05) is 36.4 Å². The average Bonchev–Trinajstić information content (AvgIpc) is 2.77. The summed E-state index contributed by atoms with van der Waals surface area (Å²) >= 11 is 8.26. The van der Waals surface area contributed by atoms with Crippen molar-refractivity contribution >= 4 is 29.2 Å². The van der Waals surface area contributed by atoms with Crippen molar-refractivity contribution < 1.29 is 5.32 Å². The third kappa shape index (κ3) is 16.7. The van der Waals surface area contributed by atoms with Crippen LogP contribution in [0.15, 0.2) is 0 Å². The highest BCUT2D eigenvalue weighted by atomic mass is 32.1. The van der Waals surface area contributed by atoms with Crippen LogP contribution in [0.4, 0.5) is 0 Å². The maximum absolute atomic E-state index is 4.66. The first kappa shape index (κ1) is 15.1.